The zero-order valence-corrected chi connectivity index (χ0v) is 20.9. The van der Waals surface area contributed by atoms with Gasteiger partial charge in [0.05, 0.1) is 6.04 Å². The number of rotatable bonds is 9. The molecule has 1 atom stereocenters. The van der Waals surface area contributed by atoms with Crippen molar-refractivity contribution in [3.63, 3.8) is 0 Å². The van der Waals surface area contributed by atoms with Crippen LogP contribution in [0.5, 0.6) is 0 Å². The van der Waals surface area contributed by atoms with E-state index in [2.05, 4.69) is 81.3 Å². The molecule has 1 aliphatic rings. The molecule has 2 N–H and O–H groups in total. The lowest BCUT2D eigenvalue weighted by Crippen LogP contribution is -2.20. The molecule has 0 fully saturated rings. The van der Waals surface area contributed by atoms with E-state index >= 15 is 0 Å². The van der Waals surface area contributed by atoms with Crippen molar-refractivity contribution in [2.24, 2.45) is 0 Å². The summed E-state index contributed by atoms with van der Waals surface area (Å²) in [6.07, 6.45) is 11.9. The highest BCUT2D eigenvalue weighted by Crippen LogP contribution is 2.36. The predicted octanol–water partition coefficient (Wildman–Crippen LogP) is 9.28. The van der Waals surface area contributed by atoms with Crippen LogP contribution in [0.25, 0.3) is 5.70 Å². The molecular formula is C29H39ClN2. The van der Waals surface area contributed by atoms with Crippen LogP contribution in [0.2, 0.25) is 5.02 Å². The molecule has 3 heteroatoms. The summed E-state index contributed by atoms with van der Waals surface area (Å²) in [5, 5.41) is 7.85. The maximum absolute atomic E-state index is 6.44. The van der Waals surface area contributed by atoms with E-state index in [9.17, 15) is 0 Å². The molecule has 0 spiro atoms. The lowest BCUT2D eigenvalue weighted by molar-refractivity contribution is 0.772. The van der Waals surface area contributed by atoms with Crippen LogP contribution in [0, 0.1) is 0 Å². The predicted molar refractivity (Wildman–Crippen MR) is 143 cm³/mol. The van der Waals surface area contributed by atoms with Crippen molar-refractivity contribution >= 4 is 23.0 Å². The van der Waals surface area contributed by atoms with Gasteiger partial charge in [0.15, 0.2) is 0 Å². The van der Waals surface area contributed by atoms with Crippen LogP contribution >= 0.6 is 11.6 Å². The van der Waals surface area contributed by atoms with E-state index < -0.39 is 0 Å². The van der Waals surface area contributed by atoms with Gasteiger partial charge < -0.3 is 10.6 Å². The van der Waals surface area contributed by atoms with Crippen LogP contribution in [0.4, 0.5) is 5.69 Å². The first kappa shape index (κ1) is 25.8. The monoisotopic (exact) mass is 450 g/mol. The second-order valence-electron chi connectivity index (χ2n) is 8.37. The molecule has 0 radical (unpaired) electrons. The molecule has 0 aliphatic carbocycles. The van der Waals surface area contributed by atoms with E-state index in [4.69, 9.17) is 11.6 Å². The molecule has 2 aromatic rings. The third kappa shape index (κ3) is 7.91. The van der Waals surface area contributed by atoms with Crippen molar-refractivity contribution in [2.75, 3.05) is 5.32 Å². The highest BCUT2D eigenvalue weighted by molar-refractivity contribution is 6.31. The van der Waals surface area contributed by atoms with E-state index in [1.54, 1.807) is 0 Å². The fourth-order valence-electron chi connectivity index (χ4n) is 3.70. The van der Waals surface area contributed by atoms with Gasteiger partial charge >= 0.3 is 0 Å². The van der Waals surface area contributed by atoms with Gasteiger partial charge in [-0.1, -0.05) is 107 Å². The minimum atomic E-state index is 0.00840. The molecule has 0 saturated carbocycles. The molecular weight excluding hydrogens is 412 g/mol. The number of para-hydroxylation sites is 1. The van der Waals surface area contributed by atoms with Crippen LogP contribution in [-0.4, -0.2) is 0 Å². The third-order valence-corrected chi connectivity index (χ3v) is 5.79. The Morgan fingerprint density at radius 2 is 1.66 bits per heavy atom. The van der Waals surface area contributed by atoms with Gasteiger partial charge in [0.2, 0.25) is 0 Å². The Balaban J connectivity index is 0.000000654. The summed E-state index contributed by atoms with van der Waals surface area (Å²) < 4.78 is 0. The SMILES string of the molecule is C=C(/C=C(\C)CCCC)NC1=CC(c2ccccc2Cl)Nc2ccccc21.CCCCC. The number of hydrogen-bond acceptors (Lipinski definition) is 2. The summed E-state index contributed by atoms with van der Waals surface area (Å²) in [4.78, 5) is 0. The van der Waals surface area contributed by atoms with Crippen molar-refractivity contribution in [3.05, 3.63) is 94.7 Å². The van der Waals surface area contributed by atoms with Gasteiger partial charge in [-0.2, -0.15) is 0 Å². The Morgan fingerprint density at radius 1 is 1.00 bits per heavy atom. The summed E-state index contributed by atoms with van der Waals surface area (Å²) in [5.41, 5.74) is 6.60. The molecule has 0 saturated heterocycles. The first-order valence-corrected chi connectivity index (χ1v) is 12.3. The van der Waals surface area contributed by atoms with Crippen LogP contribution in [0.15, 0.2) is 78.5 Å². The van der Waals surface area contributed by atoms with Gasteiger partial charge in [0.1, 0.15) is 0 Å². The quantitative estimate of drug-likeness (QED) is 0.372. The van der Waals surface area contributed by atoms with E-state index in [0.717, 1.165) is 39.7 Å². The minimum absolute atomic E-state index is 0.00840. The highest BCUT2D eigenvalue weighted by Gasteiger charge is 2.21. The Morgan fingerprint density at radius 3 is 2.31 bits per heavy atom. The van der Waals surface area contributed by atoms with Crippen molar-refractivity contribution in [3.8, 4) is 0 Å². The number of anilines is 1. The van der Waals surface area contributed by atoms with Crippen LogP contribution in [-0.2, 0) is 0 Å². The van der Waals surface area contributed by atoms with E-state index in [0.29, 0.717) is 0 Å². The summed E-state index contributed by atoms with van der Waals surface area (Å²) >= 11 is 6.44. The zero-order chi connectivity index (χ0) is 23.3. The normalized spacial score (nSPS) is 15.0. The molecule has 0 aromatic heterocycles. The van der Waals surface area contributed by atoms with Crippen molar-refractivity contribution < 1.29 is 0 Å². The number of fused-ring (bicyclic) bond motifs is 1. The number of hydrogen-bond donors (Lipinski definition) is 2. The van der Waals surface area contributed by atoms with Gasteiger partial charge in [-0.25, -0.2) is 0 Å². The molecule has 0 bridgehead atoms. The smallest absolute Gasteiger partial charge is 0.0735 e. The lowest BCUT2D eigenvalue weighted by atomic mass is 9.97. The van der Waals surface area contributed by atoms with Crippen molar-refractivity contribution in [1.82, 2.24) is 5.32 Å². The molecule has 2 nitrogen and oxygen atoms in total. The number of benzene rings is 2. The average molecular weight is 451 g/mol. The van der Waals surface area contributed by atoms with E-state index in [-0.39, 0.29) is 6.04 Å². The van der Waals surface area contributed by atoms with Gasteiger partial charge in [-0.05, 0) is 49.6 Å². The number of allylic oxidation sites excluding steroid dienone is 2. The molecule has 1 unspecified atom stereocenters. The van der Waals surface area contributed by atoms with Crippen LogP contribution in [0.1, 0.15) is 83.4 Å². The van der Waals surface area contributed by atoms with Gasteiger partial charge in [0, 0.05) is 27.7 Å². The van der Waals surface area contributed by atoms with Gasteiger partial charge in [0.25, 0.3) is 0 Å². The number of unbranched alkanes of at least 4 members (excludes halogenated alkanes) is 3. The topological polar surface area (TPSA) is 24.1 Å². The fraction of sp³-hybridized carbons (Fsp3) is 0.379. The Kier molecular flexibility index (Phi) is 11.2. The standard InChI is InChI=1S/C24H27ClN2.C5H12/c1-4-5-10-17(2)15-18(3)26-24-16-23(19-11-6-8-13-21(19)25)27-22-14-9-7-12-20(22)24;1-3-5-4-2/h6-9,11-16,23,26-27H,3-5,10H2,1-2H3;3-5H2,1-2H3/b17-15+;. The van der Waals surface area contributed by atoms with Crippen LogP contribution in [0.3, 0.4) is 0 Å². The second-order valence-corrected chi connectivity index (χ2v) is 8.77. The number of nitrogens with one attached hydrogen (secondary N) is 2. The van der Waals surface area contributed by atoms with E-state index in [1.807, 2.05) is 24.3 Å². The molecule has 1 heterocycles. The molecule has 2 aromatic carbocycles. The summed E-state index contributed by atoms with van der Waals surface area (Å²) in [6.45, 7) is 13.0. The largest absolute Gasteiger partial charge is 0.374 e. The van der Waals surface area contributed by atoms with Gasteiger partial charge in [-0.3, -0.25) is 0 Å². The molecule has 1 aliphatic heterocycles. The third-order valence-electron chi connectivity index (χ3n) is 5.45. The average Bonchev–Trinajstić information content (AvgIpc) is 2.79. The molecule has 32 heavy (non-hydrogen) atoms. The summed E-state index contributed by atoms with van der Waals surface area (Å²) in [5.74, 6) is 0. The van der Waals surface area contributed by atoms with Gasteiger partial charge in [-0.15, -0.1) is 0 Å². The lowest BCUT2D eigenvalue weighted by Gasteiger charge is -2.28. The molecule has 0 amide bonds. The van der Waals surface area contributed by atoms with E-state index in [1.165, 1.54) is 37.7 Å². The second kappa shape index (κ2) is 13.9. The minimum Gasteiger partial charge on any atom is -0.374 e. The maximum Gasteiger partial charge on any atom is 0.0735 e. The molecule has 3 rings (SSSR count). The Bertz CT molecular complexity index is 924. The van der Waals surface area contributed by atoms with Crippen LogP contribution < -0.4 is 10.6 Å². The summed E-state index contributed by atoms with van der Waals surface area (Å²) in [6, 6.07) is 16.3. The Labute approximate surface area is 200 Å². The zero-order valence-electron chi connectivity index (χ0n) is 20.2. The Hall–Kier alpha value is -2.45. The van der Waals surface area contributed by atoms with Crippen molar-refractivity contribution in [2.45, 2.75) is 72.3 Å². The maximum atomic E-state index is 6.44. The van der Waals surface area contributed by atoms with Crippen molar-refractivity contribution in [1.29, 1.82) is 0 Å². The first-order chi connectivity index (χ1) is 15.5. The number of halogens is 1. The highest BCUT2D eigenvalue weighted by atomic mass is 35.5. The fourth-order valence-corrected chi connectivity index (χ4v) is 3.95. The summed E-state index contributed by atoms with van der Waals surface area (Å²) in [7, 11) is 0. The first-order valence-electron chi connectivity index (χ1n) is 11.9. The molecule has 172 valence electrons.